The molecule has 4 heterocycles. The molecule has 0 bridgehead atoms. The number of nitrogens with zero attached hydrogens (tertiary/aromatic N) is 4. The molecule has 4 aromatic heterocycles. The number of benzene rings is 3. The summed E-state index contributed by atoms with van der Waals surface area (Å²) in [5.74, 6) is 0. The zero-order chi connectivity index (χ0) is 19.7. The number of rotatable bonds is 1. The standard InChI is InChI=1S/C26H16N4/c1-2-6-17(7-3-1)30-23-9-5-4-8-18(23)20-14-24-21(15-25(20)30)22-16-27-11-10-19(22)26-28-12-13-29(24)26/h1-16H. The van der Waals surface area contributed by atoms with Gasteiger partial charge < -0.3 is 4.57 Å². The van der Waals surface area contributed by atoms with Crippen molar-refractivity contribution in [1.82, 2.24) is 18.9 Å². The van der Waals surface area contributed by atoms with Crippen LogP contribution in [0.4, 0.5) is 0 Å². The summed E-state index contributed by atoms with van der Waals surface area (Å²) in [4.78, 5) is 9.04. The molecule has 0 atom stereocenters. The highest BCUT2D eigenvalue weighted by atomic mass is 15.0. The summed E-state index contributed by atoms with van der Waals surface area (Å²) in [5, 5.41) is 5.90. The molecule has 0 saturated carbocycles. The van der Waals surface area contributed by atoms with Crippen LogP contribution in [0, 0.1) is 0 Å². The number of pyridine rings is 2. The average Bonchev–Trinajstić information content (AvgIpc) is 3.42. The molecule has 0 aliphatic heterocycles. The van der Waals surface area contributed by atoms with Crippen molar-refractivity contribution < 1.29 is 0 Å². The molecular formula is C26H16N4. The van der Waals surface area contributed by atoms with Crippen molar-refractivity contribution in [3.8, 4) is 5.69 Å². The number of fused-ring (bicyclic) bond motifs is 9. The van der Waals surface area contributed by atoms with Gasteiger partial charge in [-0.2, -0.15) is 0 Å². The van der Waals surface area contributed by atoms with Crippen molar-refractivity contribution in [3.63, 3.8) is 0 Å². The van der Waals surface area contributed by atoms with E-state index in [4.69, 9.17) is 0 Å². The third-order valence-electron chi connectivity index (χ3n) is 6.06. The number of aromatic nitrogens is 4. The minimum Gasteiger partial charge on any atom is -0.309 e. The maximum atomic E-state index is 4.62. The summed E-state index contributed by atoms with van der Waals surface area (Å²) in [6, 6.07) is 25.8. The third kappa shape index (κ3) is 1.95. The molecule has 7 rings (SSSR count). The molecule has 0 unspecified atom stereocenters. The van der Waals surface area contributed by atoms with Gasteiger partial charge in [0.2, 0.25) is 0 Å². The SMILES string of the molecule is c1ccc(-n2c3ccccc3c3cc4c(cc32)c2cnccc2c2nccn42)cc1. The first kappa shape index (κ1) is 15.7. The summed E-state index contributed by atoms with van der Waals surface area (Å²) in [6.45, 7) is 0. The van der Waals surface area contributed by atoms with Crippen LogP contribution in [-0.2, 0) is 0 Å². The fourth-order valence-electron chi connectivity index (χ4n) is 4.78. The molecule has 0 spiro atoms. The van der Waals surface area contributed by atoms with Crippen LogP contribution in [0.15, 0.2) is 97.6 Å². The van der Waals surface area contributed by atoms with E-state index in [1.54, 1.807) is 0 Å². The smallest absolute Gasteiger partial charge is 0.145 e. The molecule has 0 fully saturated rings. The molecule has 140 valence electrons. The first-order valence-electron chi connectivity index (χ1n) is 10.0. The fourth-order valence-corrected chi connectivity index (χ4v) is 4.78. The molecule has 0 aliphatic rings. The first-order valence-corrected chi connectivity index (χ1v) is 10.0. The zero-order valence-corrected chi connectivity index (χ0v) is 16.0. The van der Waals surface area contributed by atoms with Gasteiger partial charge in [-0.1, -0.05) is 36.4 Å². The van der Waals surface area contributed by atoms with E-state index in [1.807, 2.05) is 30.9 Å². The Kier molecular flexibility index (Phi) is 2.97. The van der Waals surface area contributed by atoms with Crippen molar-refractivity contribution in [2.24, 2.45) is 0 Å². The summed E-state index contributed by atoms with van der Waals surface area (Å²) in [5.41, 5.74) is 5.67. The van der Waals surface area contributed by atoms with Crippen LogP contribution in [0.1, 0.15) is 0 Å². The van der Waals surface area contributed by atoms with Gasteiger partial charge >= 0.3 is 0 Å². The molecule has 0 amide bonds. The predicted molar refractivity (Wildman–Crippen MR) is 122 cm³/mol. The fraction of sp³-hybridized carbons (Fsp3) is 0. The first-order chi connectivity index (χ1) is 14.9. The predicted octanol–water partition coefficient (Wildman–Crippen LogP) is 6.13. The van der Waals surface area contributed by atoms with E-state index in [9.17, 15) is 0 Å². The van der Waals surface area contributed by atoms with Crippen molar-refractivity contribution in [1.29, 1.82) is 0 Å². The molecule has 7 aromatic rings. The lowest BCUT2D eigenvalue weighted by atomic mass is 10.0. The molecule has 0 N–H and O–H groups in total. The molecule has 0 radical (unpaired) electrons. The quantitative estimate of drug-likeness (QED) is 0.319. The molecular weight excluding hydrogens is 368 g/mol. The number of hydrogen-bond acceptors (Lipinski definition) is 2. The maximum absolute atomic E-state index is 4.62. The Morgan fingerprint density at radius 3 is 2.33 bits per heavy atom. The van der Waals surface area contributed by atoms with Crippen LogP contribution in [0.3, 0.4) is 0 Å². The Labute approximate surface area is 171 Å². The van der Waals surface area contributed by atoms with E-state index in [2.05, 4.69) is 85.7 Å². The molecule has 3 aromatic carbocycles. The van der Waals surface area contributed by atoms with E-state index in [-0.39, 0.29) is 0 Å². The van der Waals surface area contributed by atoms with Gasteiger partial charge in [-0.25, -0.2) is 4.98 Å². The third-order valence-corrected chi connectivity index (χ3v) is 6.06. The number of para-hydroxylation sites is 2. The van der Waals surface area contributed by atoms with Crippen LogP contribution in [0.5, 0.6) is 0 Å². The van der Waals surface area contributed by atoms with Crippen molar-refractivity contribution >= 4 is 49.1 Å². The lowest BCUT2D eigenvalue weighted by Crippen LogP contribution is -1.95. The van der Waals surface area contributed by atoms with Gasteiger partial charge in [0.05, 0.1) is 16.6 Å². The van der Waals surface area contributed by atoms with E-state index >= 15 is 0 Å². The summed E-state index contributed by atoms with van der Waals surface area (Å²) in [7, 11) is 0. The van der Waals surface area contributed by atoms with Crippen molar-refractivity contribution in [2.75, 3.05) is 0 Å². The second-order valence-corrected chi connectivity index (χ2v) is 7.62. The lowest BCUT2D eigenvalue weighted by Gasteiger charge is -2.11. The van der Waals surface area contributed by atoms with Crippen molar-refractivity contribution in [2.45, 2.75) is 0 Å². The van der Waals surface area contributed by atoms with E-state index in [1.165, 1.54) is 27.2 Å². The van der Waals surface area contributed by atoms with Gasteiger partial charge in [0, 0.05) is 57.4 Å². The largest absolute Gasteiger partial charge is 0.309 e. The second-order valence-electron chi connectivity index (χ2n) is 7.62. The van der Waals surface area contributed by atoms with Crippen LogP contribution < -0.4 is 0 Å². The van der Waals surface area contributed by atoms with Crippen LogP contribution in [0.2, 0.25) is 0 Å². The van der Waals surface area contributed by atoms with Crippen LogP contribution >= 0.6 is 0 Å². The Morgan fingerprint density at radius 2 is 1.40 bits per heavy atom. The molecule has 0 saturated heterocycles. The van der Waals surface area contributed by atoms with Gasteiger partial charge in [0.1, 0.15) is 5.65 Å². The lowest BCUT2D eigenvalue weighted by molar-refractivity contribution is 1.18. The zero-order valence-electron chi connectivity index (χ0n) is 16.0. The van der Waals surface area contributed by atoms with E-state index in [0.29, 0.717) is 0 Å². The summed E-state index contributed by atoms with van der Waals surface area (Å²) < 4.78 is 4.54. The van der Waals surface area contributed by atoms with Gasteiger partial charge in [0.15, 0.2) is 0 Å². The minimum atomic E-state index is 0.964. The molecule has 4 nitrogen and oxygen atoms in total. The van der Waals surface area contributed by atoms with E-state index < -0.39 is 0 Å². The normalized spacial score (nSPS) is 12.0. The average molecular weight is 384 g/mol. The maximum Gasteiger partial charge on any atom is 0.145 e. The van der Waals surface area contributed by atoms with Gasteiger partial charge in [-0.05, 0) is 36.4 Å². The Hall–Kier alpha value is -4.18. The Balaban J connectivity index is 1.78. The number of imidazole rings is 1. The number of hydrogen-bond donors (Lipinski definition) is 0. The van der Waals surface area contributed by atoms with Gasteiger partial charge in [-0.15, -0.1) is 0 Å². The molecule has 30 heavy (non-hydrogen) atoms. The summed E-state index contributed by atoms with van der Waals surface area (Å²) in [6.07, 6.45) is 7.70. The Morgan fingerprint density at radius 1 is 0.600 bits per heavy atom. The van der Waals surface area contributed by atoms with Gasteiger partial charge in [-0.3, -0.25) is 9.38 Å². The Bertz CT molecular complexity index is 1740. The second kappa shape index (κ2) is 5.67. The highest BCUT2D eigenvalue weighted by Gasteiger charge is 2.16. The summed E-state index contributed by atoms with van der Waals surface area (Å²) >= 11 is 0. The van der Waals surface area contributed by atoms with Crippen LogP contribution in [-0.4, -0.2) is 18.9 Å². The molecule has 0 aliphatic carbocycles. The van der Waals surface area contributed by atoms with Gasteiger partial charge in [0.25, 0.3) is 0 Å². The van der Waals surface area contributed by atoms with Crippen LogP contribution in [0.25, 0.3) is 54.8 Å². The monoisotopic (exact) mass is 384 g/mol. The highest BCUT2D eigenvalue weighted by molar-refractivity contribution is 6.19. The molecule has 4 heteroatoms. The minimum absolute atomic E-state index is 0.964. The topological polar surface area (TPSA) is 35.1 Å². The van der Waals surface area contributed by atoms with Crippen molar-refractivity contribution in [3.05, 3.63) is 97.6 Å². The highest BCUT2D eigenvalue weighted by Crippen LogP contribution is 2.37. The van der Waals surface area contributed by atoms with E-state index in [0.717, 1.165) is 27.6 Å².